The summed E-state index contributed by atoms with van der Waals surface area (Å²) in [5, 5.41) is 0. The van der Waals surface area contributed by atoms with E-state index in [1.165, 1.54) is 24.3 Å². The van der Waals surface area contributed by atoms with Crippen molar-refractivity contribution in [3.63, 3.8) is 0 Å². The van der Waals surface area contributed by atoms with Crippen LogP contribution in [0.2, 0.25) is 0 Å². The van der Waals surface area contributed by atoms with Gasteiger partial charge in [0.2, 0.25) is 5.75 Å². The average Bonchev–Trinajstić information content (AvgIpc) is 2.41. The molecular weight excluding hydrogens is 330 g/mol. The zero-order chi connectivity index (χ0) is 17.1. The second-order valence-corrected chi connectivity index (χ2v) is 4.09. The van der Waals surface area contributed by atoms with Gasteiger partial charge in [-0.25, -0.2) is 0 Å². The zero-order valence-corrected chi connectivity index (χ0v) is 11.1. The number of alkyl halides is 6. The van der Waals surface area contributed by atoms with Gasteiger partial charge in [0.25, 0.3) is 0 Å². The molecule has 0 saturated heterocycles. The summed E-state index contributed by atoms with van der Waals surface area (Å²) in [6.07, 6.45) is -10.4. The van der Waals surface area contributed by atoms with Gasteiger partial charge in [0, 0.05) is 0 Å². The quantitative estimate of drug-likeness (QED) is 0.710. The SMILES string of the molecule is FC(F)(F)Oc1cccc(Oc2ccccc2)c1OC(F)(F)F. The molecule has 2 aromatic carbocycles. The van der Waals surface area contributed by atoms with Crippen molar-refractivity contribution in [2.75, 3.05) is 0 Å². The summed E-state index contributed by atoms with van der Waals surface area (Å²) in [6.45, 7) is 0. The van der Waals surface area contributed by atoms with E-state index in [9.17, 15) is 26.3 Å². The molecule has 0 amide bonds. The van der Waals surface area contributed by atoms with Crippen LogP contribution in [0.25, 0.3) is 0 Å². The van der Waals surface area contributed by atoms with Crippen molar-refractivity contribution in [1.29, 1.82) is 0 Å². The molecule has 0 spiro atoms. The molecule has 9 heteroatoms. The largest absolute Gasteiger partial charge is 0.573 e. The number of ether oxygens (including phenoxy) is 3. The summed E-state index contributed by atoms with van der Waals surface area (Å²) in [5.74, 6) is -2.84. The molecule has 3 nitrogen and oxygen atoms in total. The van der Waals surface area contributed by atoms with Crippen molar-refractivity contribution in [1.82, 2.24) is 0 Å². The Hall–Kier alpha value is -2.58. The van der Waals surface area contributed by atoms with Crippen LogP contribution in [0.3, 0.4) is 0 Å². The maximum atomic E-state index is 12.5. The minimum atomic E-state index is -5.22. The van der Waals surface area contributed by atoms with E-state index >= 15 is 0 Å². The van der Waals surface area contributed by atoms with Gasteiger partial charge in [0.15, 0.2) is 11.5 Å². The predicted octanol–water partition coefficient (Wildman–Crippen LogP) is 5.28. The fraction of sp³-hybridized carbons (Fsp3) is 0.143. The molecule has 2 aromatic rings. The van der Waals surface area contributed by atoms with Crippen LogP contribution in [0.4, 0.5) is 26.3 Å². The molecule has 0 radical (unpaired) electrons. The van der Waals surface area contributed by atoms with Crippen molar-refractivity contribution < 1.29 is 40.6 Å². The number of para-hydroxylation sites is 2. The van der Waals surface area contributed by atoms with Crippen molar-refractivity contribution >= 4 is 0 Å². The zero-order valence-electron chi connectivity index (χ0n) is 11.1. The average molecular weight is 338 g/mol. The number of halogens is 6. The molecule has 124 valence electrons. The molecule has 0 aliphatic heterocycles. The lowest BCUT2D eigenvalue weighted by molar-refractivity contribution is -0.287. The predicted molar refractivity (Wildman–Crippen MR) is 66.3 cm³/mol. The summed E-state index contributed by atoms with van der Waals surface area (Å²) in [5.41, 5.74) is 0. The van der Waals surface area contributed by atoms with Gasteiger partial charge in [0.05, 0.1) is 0 Å². The maximum absolute atomic E-state index is 12.5. The lowest BCUT2D eigenvalue weighted by Gasteiger charge is -2.18. The third kappa shape index (κ3) is 5.28. The Morgan fingerprint density at radius 1 is 0.609 bits per heavy atom. The highest BCUT2D eigenvalue weighted by molar-refractivity contribution is 5.52. The highest BCUT2D eigenvalue weighted by atomic mass is 19.4. The first-order valence-corrected chi connectivity index (χ1v) is 6.01. The number of hydrogen-bond donors (Lipinski definition) is 0. The van der Waals surface area contributed by atoms with Crippen LogP contribution in [0.5, 0.6) is 23.0 Å². The van der Waals surface area contributed by atoms with E-state index < -0.39 is 30.0 Å². The lowest BCUT2D eigenvalue weighted by atomic mass is 10.3. The van der Waals surface area contributed by atoms with Crippen molar-refractivity contribution in [2.45, 2.75) is 12.7 Å². The molecule has 0 fully saturated rings. The van der Waals surface area contributed by atoms with Crippen LogP contribution in [-0.2, 0) is 0 Å². The standard InChI is InChI=1S/C14H8F6O3/c15-13(16,17)22-11-8-4-7-10(12(11)23-14(18,19)20)21-9-5-2-1-3-6-9/h1-8H. The van der Waals surface area contributed by atoms with Gasteiger partial charge in [-0.2, -0.15) is 0 Å². The fourth-order valence-corrected chi connectivity index (χ4v) is 1.61. The second kappa shape index (κ2) is 6.27. The Balaban J connectivity index is 2.42. The molecule has 0 N–H and O–H groups in total. The Bertz CT molecular complexity index is 652. The summed E-state index contributed by atoms with van der Waals surface area (Å²) in [7, 11) is 0. The molecule has 0 aromatic heterocycles. The molecule has 0 saturated carbocycles. The van der Waals surface area contributed by atoms with Crippen LogP contribution < -0.4 is 14.2 Å². The maximum Gasteiger partial charge on any atom is 0.573 e. The normalized spacial score (nSPS) is 11.9. The van der Waals surface area contributed by atoms with Gasteiger partial charge in [-0.15, -0.1) is 26.3 Å². The molecule has 0 aliphatic rings. The summed E-state index contributed by atoms with van der Waals surface area (Å²) >= 11 is 0. The van der Waals surface area contributed by atoms with Gasteiger partial charge < -0.3 is 14.2 Å². The molecule has 0 unspecified atom stereocenters. The Morgan fingerprint density at radius 2 is 1.17 bits per heavy atom. The van der Waals surface area contributed by atoms with E-state index in [4.69, 9.17) is 4.74 Å². The first-order valence-electron chi connectivity index (χ1n) is 6.01. The van der Waals surface area contributed by atoms with E-state index in [2.05, 4.69) is 9.47 Å². The fourth-order valence-electron chi connectivity index (χ4n) is 1.61. The summed E-state index contributed by atoms with van der Waals surface area (Å²) in [4.78, 5) is 0. The highest BCUT2D eigenvalue weighted by Crippen LogP contribution is 2.44. The summed E-state index contributed by atoms with van der Waals surface area (Å²) < 4.78 is 86.6. The van der Waals surface area contributed by atoms with Crippen LogP contribution in [0.15, 0.2) is 48.5 Å². The minimum Gasteiger partial charge on any atom is -0.453 e. The van der Waals surface area contributed by atoms with Crippen molar-refractivity contribution in [3.8, 4) is 23.0 Å². The number of benzene rings is 2. The molecule has 23 heavy (non-hydrogen) atoms. The smallest absolute Gasteiger partial charge is 0.453 e. The Kier molecular flexibility index (Phi) is 4.57. The van der Waals surface area contributed by atoms with Crippen molar-refractivity contribution in [2.24, 2.45) is 0 Å². The van der Waals surface area contributed by atoms with E-state index in [-0.39, 0.29) is 5.75 Å². The van der Waals surface area contributed by atoms with Gasteiger partial charge >= 0.3 is 12.7 Å². The van der Waals surface area contributed by atoms with E-state index in [0.717, 1.165) is 12.1 Å². The second-order valence-electron chi connectivity index (χ2n) is 4.09. The molecule has 2 rings (SSSR count). The van der Waals surface area contributed by atoms with Gasteiger partial charge in [-0.05, 0) is 24.3 Å². The van der Waals surface area contributed by atoms with Crippen LogP contribution in [0, 0.1) is 0 Å². The number of hydrogen-bond acceptors (Lipinski definition) is 3. The first kappa shape index (κ1) is 16.8. The van der Waals surface area contributed by atoms with E-state index in [1.54, 1.807) is 6.07 Å². The monoisotopic (exact) mass is 338 g/mol. The molecule has 0 heterocycles. The topological polar surface area (TPSA) is 27.7 Å². The third-order valence-corrected chi connectivity index (χ3v) is 2.36. The third-order valence-electron chi connectivity index (χ3n) is 2.36. The number of rotatable bonds is 4. The highest BCUT2D eigenvalue weighted by Gasteiger charge is 2.38. The molecular formula is C14H8F6O3. The summed E-state index contributed by atoms with van der Waals surface area (Å²) in [6, 6.07) is 10.3. The lowest BCUT2D eigenvalue weighted by Crippen LogP contribution is -2.21. The molecule has 0 atom stereocenters. The van der Waals surface area contributed by atoms with Gasteiger partial charge in [-0.1, -0.05) is 24.3 Å². The van der Waals surface area contributed by atoms with E-state index in [1.807, 2.05) is 0 Å². The first-order chi connectivity index (χ1) is 10.6. The van der Waals surface area contributed by atoms with Crippen LogP contribution in [-0.4, -0.2) is 12.7 Å². The Labute approximate surface area is 126 Å². The minimum absolute atomic E-state index is 0.115. The Morgan fingerprint density at radius 3 is 1.74 bits per heavy atom. The van der Waals surface area contributed by atoms with Crippen LogP contribution in [0.1, 0.15) is 0 Å². The molecule has 0 bridgehead atoms. The van der Waals surface area contributed by atoms with Crippen LogP contribution >= 0.6 is 0 Å². The van der Waals surface area contributed by atoms with Gasteiger partial charge in [-0.3, -0.25) is 0 Å². The van der Waals surface area contributed by atoms with E-state index in [0.29, 0.717) is 6.07 Å². The van der Waals surface area contributed by atoms with Crippen molar-refractivity contribution in [3.05, 3.63) is 48.5 Å². The molecule has 0 aliphatic carbocycles. The van der Waals surface area contributed by atoms with Gasteiger partial charge in [0.1, 0.15) is 5.75 Å².